The number of anilines is 1. The maximum Gasteiger partial charge on any atom is 0.490 e. The molecule has 1 atom stereocenters. The zero-order valence-electron chi connectivity index (χ0n) is 16.1. The molecule has 11 heteroatoms. The molecule has 7 nitrogen and oxygen atoms in total. The number of hydrogen-bond donors (Lipinski definition) is 1. The first-order chi connectivity index (χ1) is 13.8. The Balaban J connectivity index is 0.000000298. The highest BCUT2D eigenvalue weighted by Gasteiger charge is 2.40. The molecular weight excluding hydrogens is 411 g/mol. The predicted octanol–water partition coefficient (Wildman–Crippen LogP) is 2.48. The van der Waals surface area contributed by atoms with Crippen LogP contribution in [0.1, 0.15) is 19.3 Å². The lowest BCUT2D eigenvalue weighted by atomic mass is 9.78. The molecule has 1 unspecified atom stereocenters. The third kappa shape index (κ3) is 6.03. The number of nitrogens with zero attached hydrogens (tertiary/aromatic N) is 3. The number of thiazole rings is 1. The van der Waals surface area contributed by atoms with Crippen LogP contribution in [-0.2, 0) is 14.3 Å². The van der Waals surface area contributed by atoms with Gasteiger partial charge in [0.25, 0.3) is 0 Å². The predicted molar refractivity (Wildman–Crippen MR) is 101 cm³/mol. The molecule has 0 bridgehead atoms. The summed E-state index contributed by atoms with van der Waals surface area (Å²) < 4.78 is 43.3. The van der Waals surface area contributed by atoms with Crippen LogP contribution in [0.15, 0.2) is 11.6 Å². The minimum absolute atomic E-state index is 0.304. The first-order valence-corrected chi connectivity index (χ1v) is 10.5. The number of hydrogen-bond acceptors (Lipinski definition) is 7. The van der Waals surface area contributed by atoms with E-state index in [1.807, 2.05) is 6.20 Å². The number of ether oxygens (including phenoxy) is 2. The van der Waals surface area contributed by atoms with Gasteiger partial charge in [0.1, 0.15) is 0 Å². The third-order valence-corrected chi connectivity index (χ3v) is 6.49. The second-order valence-corrected chi connectivity index (χ2v) is 8.52. The van der Waals surface area contributed by atoms with E-state index in [0.717, 1.165) is 44.6 Å². The number of likely N-dealkylation sites (tertiary alicyclic amines) is 1. The van der Waals surface area contributed by atoms with Gasteiger partial charge in [-0.2, -0.15) is 13.2 Å². The largest absolute Gasteiger partial charge is 0.490 e. The van der Waals surface area contributed by atoms with Gasteiger partial charge in [-0.3, -0.25) is 4.90 Å². The van der Waals surface area contributed by atoms with Crippen LogP contribution >= 0.6 is 11.3 Å². The normalized spacial score (nSPS) is 25.3. The van der Waals surface area contributed by atoms with Crippen LogP contribution < -0.4 is 4.90 Å². The molecule has 3 aliphatic heterocycles. The molecule has 1 N–H and O–H groups in total. The van der Waals surface area contributed by atoms with Gasteiger partial charge in [0, 0.05) is 42.7 Å². The summed E-state index contributed by atoms with van der Waals surface area (Å²) in [6, 6.07) is 0.652. The van der Waals surface area contributed by atoms with Gasteiger partial charge in [-0.05, 0) is 32.4 Å². The monoisotopic (exact) mass is 437 g/mol. The summed E-state index contributed by atoms with van der Waals surface area (Å²) in [5.74, 6) is -2.76. The zero-order valence-corrected chi connectivity index (χ0v) is 16.9. The highest BCUT2D eigenvalue weighted by Crippen LogP contribution is 2.37. The number of rotatable bonds is 2. The molecule has 0 radical (unpaired) electrons. The van der Waals surface area contributed by atoms with Crippen LogP contribution in [0.4, 0.5) is 18.3 Å². The van der Waals surface area contributed by atoms with E-state index in [-0.39, 0.29) is 0 Å². The van der Waals surface area contributed by atoms with Gasteiger partial charge in [-0.1, -0.05) is 0 Å². The molecule has 1 spiro atoms. The van der Waals surface area contributed by atoms with Crippen LogP contribution in [0.5, 0.6) is 0 Å². The summed E-state index contributed by atoms with van der Waals surface area (Å²) in [5, 5.41) is 10.3. The molecular formula is C18H26F3N3O4S. The van der Waals surface area contributed by atoms with Gasteiger partial charge in [0.15, 0.2) is 5.13 Å². The molecule has 1 aromatic rings. The number of alkyl halides is 3. The lowest BCUT2D eigenvalue weighted by molar-refractivity contribution is -0.192. The van der Waals surface area contributed by atoms with E-state index in [1.54, 1.807) is 11.3 Å². The van der Waals surface area contributed by atoms with Gasteiger partial charge in [0.05, 0.1) is 19.8 Å². The lowest BCUT2D eigenvalue weighted by Crippen LogP contribution is -2.50. The highest BCUT2D eigenvalue weighted by atomic mass is 32.1. The number of aromatic nitrogens is 1. The molecule has 1 aromatic heterocycles. The van der Waals surface area contributed by atoms with E-state index in [4.69, 9.17) is 19.4 Å². The van der Waals surface area contributed by atoms with Gasteiger partial charge in [-0.25, -0.2) is 9.78 Å². The van der Waals surface area contributed by atoms with Crippen LogP contribution in [0.3, 0.4) is 0 Å². The Bertz CT molecular complexity index is 645. The van der Waals surface area contributed by atoms with Crippen molar-refractivity contribution in [3.63, 3.8) is 0 Å². The zero-order chi connectivity index (χ0) is 20.9. The van der Waals surface area contributed by atoms with Crippen LogP contribution in [0, 0.1) is 5.41 Å². The Morgan fingerprint density at radius 3 is 2.52 bits per heavy atom. The summed E-state index contributed by atoms with van der Waals surface area (Å²) in [6.45, 7) is 8.02. The molecule has 3 fully saturated rings. The van der Waals surface area contributed by atoms with E-state index in [0.29, 0.717) is 11.5 Å². The SMILES string of the molecule is O=C(O)C(F)(F)F.c1csc(N2CCOCC3(CCN(C4CCOC4)CC3)C2)n1. The smallest absolute Gasteiger partial charge is 0.475 e. The number of carboxylic acid groups (broad SMARTS) is 1. The number of halogens is 3. The molecule has 29 heavy (non-hydrogen) atoms. The second kappa shape index (κ2) is 9.59. The van der Waals surface area contributed by atoms with Crippen LogP contribution in [0.25, 0.3) is 0 Å². The number of aliphatic carboxylic acids is 1. The van der Waals surface area contributed by atoms with E-state index in [9.17, 15) is 13.2 Å². The average Bonchev–Trinajstić information content (AvgIpc) is 3.36. The molecule has 0 aromatic carbocycles. The highest BCUT2D eigenvalue weighted by molar-refractivity contribution is 7.13. The summed E-state index contributed by atoms with van der Waals surface area (Å²) in [7, 11) is 0. The van der Waals surface area contributed by atoms with Crippen molar-refractivity contribution >= 4 is 22.4 Å². The Kier molecular flexibility index (Phi) is 7.36. The molecule has 0 saturated carbocycles. The molecule has 3 saturated heterocycles. The quantitative estimate of drug-likeness (QED) is 0.762. The molecule has 3 aliphatic rings. The van der Waals surface area contributed by atoms with Gasteiger partial charge in [-0.15, -0.1) is 11.3 Å². The van der Waals surface area contributed by atoms with Gasteiger partial charge in [0.2, 0.25) is 0 Å². The fourth-order valence-corrected chi connectivity index (χ4v) is 4.67. The Morgan fingerprint density at radius 1 is 1.24 bits per heavy atom. The second-order valence-electron chi connectivity index (χ2n) is 7.65. The van der Waals surface area contributed by atoms with Crippen molar-refractivity contribution < 1.29 is 32.5 Å². The fourth-order valence-electron chi connectivity index (χ4n) is 4.00. The average molecular weight is 437 g/mol. The topological polar surface area (TPSA) is 75.1 Å². The van der Waals surface area contributed by atoms with Gasteiger partial charge >= 0.3 is 12.1 Å². The van der Waals surface area contributed by atoms with E-state index >= 15 is 0 Å². The van der Waals surface area contributed by atoms with Crippen molar-refractivity contribution in [2.45, 2.75) is 31.5 Å². The minimum atomic E-state index is -5.08. The maximum absolute atomic E-state index is 10.6. The van der Waals surface area contributed by atoms with Crippen LogP contribution in [-0.4, -0.2) is 85.8 Å². The Labute approximate surface area is 171 Å². The minimum Gasteiger partial charge on any atom is -0.475 e. The van der Waals surface area contributed by atoms with Gasteiger partial charge < -0.3 is 19.5 Å². The maximum atomic E-state index is 10.6. The Morgan fingerprint density at radius 2 is 1.97 bits per heavy atom. The summed E-state index contributed by atoms with van der Waals surface area (Å²) in [5.41, 5.74) is 0.304. The van der Waals surface area contributed by atoms with Crippen molar-refractivity contribution in [2.24, 2.45) is 5.41 Å². The Hall–Kier alpha value is -1.43. The number of carbonyl (C=O) groups is 1. The molecule has 0 aliphatic carbocycles. The van der Waals surface area contributed by atoms with E-state index < -0.39 is 12.1 Å². The molecule has 4 heterocycles. The third-order valence-electron chi connectivity index (χ3n) is 5.65. The first-order valence-electron chi connectivity index (χ1n) is 9.63. The fraction of sp³-hybridized carbons (Fsp3) is 0.778. The first kappa shape index (κ1) is 22.3. The summed E-state index contributed by atoms with van der Waals surface area (Å²) in [6.07, 6.45) is 0.479. The number of piperidine rings is 1. The van der Waals surface area contributed by atoms with E-state index in [1.165, 1.54) is 32.4 Å². The lowest BCUT2D eigenvalue weighted by Gasteiger charge is -2.44. The van der Waals surface area contributed by atoms with Crippen molar-refractivity contribution in [1.29, 1.82) is 0 Å². The number of carboxylic acids is 1. The van der Waals surface area contributed by atoms with Crippen LogP contribution in [0.2, 0.25) is 0 Å². The van der Waals surface area contributed by atoms with Crippen molar-refractivity contribution in [1.82, 2.24) is 9.88 Å². The van der Waals surface area contributed by atoms with Crippen molar-refractivity contribution in [3.05, 3.63) is 11.6 Å². The molecule has 164 valence electrons. The van der Waals surface area contributed by atoms with Crippen molar-refractivity contribution in [2.75, 3.05) is 57.5 Å². The standard InChI is InChI=1S/C16H25N3O2S.C2HF3O2/c1-8-20-11-14(1)18-5-2-16(3-6-18)12-19(7-9-21-13-16)15-17-4-10-22-15;3-2(4,5)1(6)7/h4,10,14H,1-3,5-9,11-13H2;(H,6,7). The molecule has 0 amide bonds. The van der Waals surface area contributed by atoms with Crippen molar-refractivity contribution in [3.8, 4) is 0 Å². The summed E-state index contributed by atoms with van der Waals surface area (Å²) >= 11 is 1.74. The molecule has 4 rings (SSSR count). The summed E-state index contributed by atoms with van der Waals surface area (Å²) in [4.78, 5) is 18.5. The van der Waals surface area contributed by atoms with E-state index in [2.05, 4.69) is 20.2 Å².